The van der Waals surface area contributed by atoms with E-state index in [4.69, 9.17) is 27.2 Å². The molecule has 1 atom stereocenters. The summed E-state index contributed by atoms with van der Waals surface area (Å²) in [5.41, 5.74) is 6.08. The van der Waals surface area contributed by atoms with Crippen LogP contribution in [0.15, 0.2) is 24.3 Å². The molecule has 3 N–H and O–H groups in total. The summed E-state index contributed by atoms with van der Waals surface area (Å²) in [5, 5.41) is 9.22. The number of aliphatic hydroxyl groups is 1. The fraction of sp³-hybridized carbons (Fsp3) is 0.300. The molecule has 0 fully saturated rings. The van der Waals surface area contributed by atoms with E-state index in [9.17, 15) is 4.79 Å². The van der Waals surface area contributed by atoms with Crippen LogP contribution in [0.25, 0.3) is 0 Å². The van der Waals surface area contributed by atoms with Gasteiger partial charge in [-0.25, -0.2) is 0 Å². The minimum Gasteiger partial charge on any atom is -0.460 e. The van der Waals surface area contributed by atoms with Crippen LogP contribution in [-0.2, 0) is 16.1 Å². The standard InChI is InChI=1S/C10H12ClNO3/c11-8-3-1-7(2-4-8)6-15-10(14)9(12)5-13/h1-4,9,13H,5-6,12H2/t9-/m1/s1. The van der Waals surface area contributed by atoms with Gasteiger partial charge >= 0.3 is 5.97 Å². The Bertz CT molecular complexity index is 326. The first-order chi connectivity index (χ1) is 7.13. The van der Waals surface area contributed by atoms with Crippen LogP contribution in [0, 0.1) is 0 Å². The van der Waals surface area contributed by atoms with Crippen molar-refractivity contribution in [2.24, 2.45) is 5.73 Å². The maximum atomic E-state index is 11.1. The molecule has 0 bridgehead atoms. The third-order valence-corrected chi connectivity index (χ3v) is 2.05. The number of benzene rings is 1. The molecule has 0 aliphatic carbocycles. The smallest absolute Gasteiger partial charge is 0.325 e. The summed E-state index contributed by atoms with van der Waals surface area (Å²) in [5.74, 6) is -0.618. The van der Waals surface area contributed by atoms with Crippen LogP contribution >= 0.6 is 11.6 Å². The Morgan fingerprint density at radius 3 is 2.60 bits per heavy atom. The molecule has 0 aliphatic rings. The monoisotopic (exact) mass is 229 g/mol. The van der Waals surface area contributed by atoms with Crippen molar-refractivity contribution < 1.29 is 14.6 Å². The van der Waals surface area contributed by atoms with E-state index in [0.29, 0.717) is 5.02 Å². The van der Waals surface area contributed by atoms with Gasteiger partial charge in [0.15, 0.2) is 0 Å². The van der Waals surface area contributed by atoms with Crippen LogP contribution in [0.5, 0.6) is 0 Å². The highest BCUT2D eigenvalue weighted by molar-refractivity contribution is 6.30. The number of carbonyl (C=O) groups is 1. The van der Waals surface area contributed by atoms with Gasteiger partial charge in [-0.1, -0.05) is 23.7 Å². The first-order valence-corrected chi connectivity index (χ1v) is 4.79. The average molecular weight is 230 g/mol. The lowest BCUT2D eigenvalue weighted by atomic mass is 10.2. The molecule has 1 aromatic rings. The summed E-state index contributed by atoms with van der Waals surface area (Å²) in [7, 11) is 0. The first-order valence-electron chi connectivity index (χ1n) is 4.41. The quantitative estimate of drug-likeness (QED) is 0.746. The minimum absolute atomic E-state index is 0.129. The highest BCUT2D eigenvalue weighted by Crippen LogP contribution is 2.10. The largest absolute Gasteiger partial charge is 0.460 e. The highest BCUT2D eigenvalue weighted by atomic mass is 35.5. The number of hydrogen-bond donors (Lipinski definition) is 2. The van der Waals surface area contributed by atoms with Gasteiger partial charge in [-0.15, -0.1) is 0 Å². The maximum Gasteiger partial charge on any atom is 0.325 e. The van der Waals surface area contributed by atoms with Crippen LogP contribution in [0.1, 0.15) is 5.56 Å². The molecule has 4 nitrogen and oxygen atoms in total. The summed E-state index contributed by atoms with van der Waals surface area (Å²) in [6.45, 7) is -0.289. The molecule has 0 radical (unpaired) electrons. The van der Waals surface area contributed by atoms with Gasteiger partial charge < -0.3 is 15.6 Å². The van der Waals surface area contributed by atoms with Gasteiger partial charge in [0.25, 0.3) is 0 Å². The van der Waals surface area contributed by atoms with Crippen molar-refractivity contribution in [2.75, 3.05) is 6.61 Å². The maximum absolute atomic E-state index is 11.1. The van der Waals surface area contributed by atoms with Crippen LogP contribution < -0.4 is 5.73 Å². The number of halogens is 1. The summed E-state index contributed by atoms with van der Waals surface area (Å²) >= 11 is 5.69. The minimum atomic E-state index is -0.975. The van der Waals surface area contributed by atoms with Gasteiger partial charge in [0.05, 0.1) is 6.61 Å². The van der Waals surface area contributed by atoms with Gasteiger partial charge in [-0.3, -0.25) is 4.79 Å². The Labute approximate surface area is 92.6 Å². The zero-order valence-electron chi connectivity index (χ0n) is 8.02. The van der Waals surface area contributed by atoms with Crippen molar-refractivity contribution in [3.8, 4) is 0 Å². The third kappa shape index (κ3) is 3.87. The first kappa shape index (κ1) is 12.0. The molecule has 0 amide bonds. The Hall–Kier alpha value is -1.10. The van der Waals surface area contributed by atoms with Crippen LogP contribution in [0.3, 0.4) is 0 Å². The lowest BCUT2D eigenvalue weighted by Crippen LogP contribution is -2.35. The van der Waals surface area contributed by atoms with Crippen molar-refractivity contribution in [1.29, 1.82) is 0 Å². The van der Waals surface area contributed by atoms with Crippen LogP contribution in [-0.4, -0.2) is 23.7 Å². The molecule has 0 saturated heterocycles. The fourth-order valence-electron chi connectivity index (χ4n) is 0.917. The van der Waals surface area contributed by atoms with Crippen molar-refractivity contribution in [3.05, 3.63) is 34.9 Å². The lowest BCUT2D eigenvalue weighted by Gasteiger charge is -2.08. The predicted molar refractivity (Wildman–Crippen MR) is 56.3 cm³/mol. The van der Waals surface area contributed by atoms with E-state index in [2.05, 4.69) is 0 Å². The number of carbonyl (C=O) groups excluding carboxylic acids is 1. The normalized spacial score (nSPS) is 12.2. The van der Waals surface area contributed by atoms with E-state index >= 15 is 0 Å². The number of aliphatic hydroxyl groups excluding tert-OH is 1. The number of ether oxygens (including phenoxy) is 1. The number of nitrogens with two attached hydrogens (primary N) is 1. The van der Waals surface area contributed by atoms with Gasteiger partial charge in [0, 0.05) is 5.02 Å². The van der Waals surface area contributed by atoms with E-state index in [0.717, 1.165) is 5.56 Å². The second kappa shape index (κ2) is 5.70. The molecule has 15 heavy (non-hydrogen) atoms. The zero-order valence-corrected chi connectivity index (χ0v) is 8.78. The van der Waals surface area contributed by atoms with Gasteiger partial charge in [0.2, 0.25) is 0 Å². The predicted octanol–water partition coefficient (Wildman–Crippen LogP) is 0.703. The SMILES string of the molecule is N[C@H](CO)C(=O)OCc1ccc(Cl)cc1. The number of esters is 1. The van der Waals surface area contributed by atoms with E-state index in [-0.39, 0.29) is 6.61 Å². The third-order valence-electron chi connectivity index (χ3n) is 1.79. The molecule has 0 unspecified atom stereocenters. The fourth-order valence-corrected chi connectivity index (χ4v) is 1.04. The second-order valence-electron chi connectivity index (χ2n) is 3.02. The molecule has 82 valence electrons. The van der Waals surface area contributed by atoms with E-state index in [1.54, 1.807) is 24.3 Å². The summed E-state index contributed by atoms with van der Waals surface area (Å²) in [6.07, 6.45) is 0. The van der Waals surface area contributed by atoms with Crippen molar-refractivity contribution in [2.45, 2.75) is 12.6 Å². The molecular weight excluding hydrogens is 218 g/mol. The number of hydrogen-bond acceptors (Lipinski definition) is 4. The summed E-state index contributed by atoms with van der Waals surface area (Å²) < 4.78 is 4.85. The molecule has 1 aromatic carbocycles. The highest BCUT2D eigenvalue weighted by Gasteiger charge is 2.13. The Kier molecular flexibility index (Phi) is 4.55. The second-order valence-corrected chi connectivity index (χ2v) is 3.46. The van der Waals surface area contributed by atoms with Crippen LogP contribution in [0.4, 0.5) is 0 Å². The van der Waals surface area contributed by atoms with Gasteiger partial charge in [0.1, 0.15) is 12.6 Å². The topological polar surface area (TPSA) is 72.5 Å². The van der Waals surface area contributed by atoms with E-state index in [1.807, 2.05) is 0 Å². The van der Waals surface area contributed by atoms with Gasteiger partial charge in [-0.05, 0) is 17.7 Å². The van der Waals surface area contributed by atoms with Crippen molar-refractivity contribution in [3.63, 3.8) is 0 Å². The lowest BCUT2D eigenvalue weighted by molar-refractivity contribution is -0.147. The van der Waals surface area contributed by atoms with Crippen LogP contribution in [0.2, 0.25) is 5.02 Å². The molecule has 0 aromatic heterocycles. The molecular formula is C10H12ClNO3. The zero-order chi connectivity index (χ0) is 11.3. The number of rotatable bonds is 4. The Morgan fingerprint density at radius 2 is 2.07 bits per heavy atom. The molecule has 0 heterocycles. The average Bonchev–Trinajstić information content (AvgIpc) is 2.26. The Morgan fingerprint density at radius 1 is 1.47 bits per heavy atom. The van der Waals surface area contributed by atoms with E-state index < -0.39 is 18.6 Å². The molecule has 1 rings (SSSR count). The van der Waals surface area contributed by atoms with Crippen molar-refractivity contribution >= 4 is 17.6 Å². The van der Waals surface area contributed by atoms with E-state index in [1.165, 1.54) is 0 Å². The summed E-state index contributed by atoms with van der Waals surface area (Å²) in [4.78, 5) is 11.1. The molecule has 0 spiro atoms. The van der Waals surface area contributed by atoms with Crippen molar-refractivity contribution in [1.82, 2.24) is 0 Å². The summed E-state index contributed by atoms with van der Waals surface area (Å²) in [6, 6.07) is 5.94. The molecule has 0 saturated carbocycles. The molecule has 0 aliphatic heterocycles. The Balaban J connectivity index is 2.43. The van der Waals surface area contributed by atoms with Gasteiger partial charge in [-0.2, -0.15) is 0 Å². The molecule has 5 heteroatoms.